The number of fused-ring (bicyclic) bond motifs is 1. The average Bonchev–Trinajstić information content (AvgIpc) is 2.73. The lowest BCUT2D eigenvalue weighted by atomic mass is 10.2. The van der Waals surface area contributed by atoms with E-state index in [1.165, 1.54) is 5.56 Å². The zero-order chi connectivity index (χ0) is 11.0. The number of hydrogen-bond acceptors (Lipinski definition) is 4. The number of pyridine rings is 1. The van der Waals surface area contributed by atoms with Crippen LogP contribution < -0.4 is 5.32 Å². The molecule has 0 aliphatic carbocycles. The summed E-state index contributed by atoms with van der Waals surface area (Å²) >= 11 is 0. The van der Waals surface area contributed by atoms with Gasteiger partial charge in [0.1, 0.15) is 0 Å². The highest BCUT2D eigenvalue weighted by molar-refractivity contribution is 5.39. The fraction of sp³-hybridized carbons (Fsp3) is 0.455. The van der Waals surface area contributed by atoms with Crippen LogP contribution in [0.5, 0.6) is 0 Å². The highest BCUT2D eigenvalue weighted by atomic mass is 16.5. The normalized spacial score (nSPS) is 21.4. The average molecular weight is 218 g/mol. The van der Waals surface area contributed by atoms with Crippen LogP contribution in [0.25, 0.3) is 5.65 Å². The van der Waals surface area contributed by atoms with Crippen molar-refractivity contribution in [3.8, 4) is 0 Å². The molecular weight excluding hydrogens is 204 g/mol. The zero-order valence-corrected chi connectivity index (χ0v) is 9.18. The van der Waals surface area contributed by atoms with Crippen molar-refractivity contribution in [1.29, 1.82) is 0 Å². The summed E-state index contributed by atoms with van der Waals surface area (Å²) in [4.78, 5) is 0. The van der Waals surface area contributed by atoms with Crippen LogP contribution in [0.4, 0.5) is 0 Å². The van der Waals surface area contributed by atoms with Gasteiger partial charge in [-0.15, -0.1) is 10.2 Å². The molecule has 1 saturated heterocycles. The third-order valence-corrected chi connectivity index (χ3v) is 2.81. The molecule has 1 fully saturated rings. The minimum absolute atomic E-state index is 0.144. The van der Waals surface area contributed by atoms with Crippen molar-refractivity contribution in [2.24, 2.45) is 0 Å². The van der Waals surface area contributed by atoms with Gasteiger partial charge in [-0.3, -0.25) is 4.40 Å². The summed E-state index contributed by atoms with van der Waals surface area (Å²) in [6.45, 7) is 4.36. The molecule has 0 spiro atoms. The van der Waals surface area contributed by atoms with Crippen LogP contribution in [-0.2, 0) is 4.74 Å². The third kappa shape index (κ3) is 1.58. The Labute approximate surface area is 93.4 Å². The minimum Gasteiger partial charge on any atom is -0.378 e. The molecule has 1 aliphatic heterocycles. The molecule has 0 radical (unpaired) electrons. The topological polar surface area (TPSA) is 51.5 Å². The Balaban J connectivity index is 2.05. The number of ether oxygens (including phenoxy) is 1. The van der Waals surface area contributed by atoms with Crippen molar-refractivity contribution < 1.29 is 4.74 Å². The van der Waals surface area contributed by atoms with Gasteiger partial charge < -0.3 is 10.1 Å². The van der Waals surface area contributed by atoms with Gasteiger partial charge in [-0.1, -0.05) is 6.07 Å². The highest BCUT2D eigenvalue weighted by Crippen LogP contribution is 2.15. The van der Waals surface area contributed by atoms with Gasteiger partial charge in [-0.05, 0) is 18.6 Å². The van der Waals surface area contributed by atoms with Crippen molar-refractivity contribution in [1.82, 2.24) is 19.9 Å². The van der Waals surface area contributed by atoms with E-state index in [0.717, 1.165) is 24.6 Å². The summed E-state index contributed by atoms with van der Waals surface area (Å²) in [5.41, 5.74) is 2.08. The summed E-state index contributed by atoms with van der Waals surface area (Å²) in [5.74, 6) is 0.929. The maximum atomic E-state index is 5.44. The van der Waals surface area contributed by atoms with Crippen LogP contribution in [0.1, 0.15) is 17.4 Å². The van der Waals surface area contributed by atoms with E-state index >= 15 is 0 Å². The minimum atomic E-state index is 0.144. The van der Waals surface area contributed by atoms with Gasteiger partial charge in [-0.2, -0.15) is 0 Å². The van der Waals surface area contributed by atoms with Gasteiger partial charge in [0.15, 0.2) is 11.5 Å². The van der Waals surface area contributed by atoms with Crippen LogP contribution in [-0.4, -0.2) is 34.4 Å². The number of hydrogen-bond donors (Lipinski definition) is 1. The summed E-state index contributed by atoms with van der Waals surface area (Å²) in [7, 11) is 0. The van der Waals surface area contributed by atoms with E-state index in [1.54, 1.807) is 0 Å². The third-order valence-electron chi connectivity index (χ3n) is 2.81. The molecule has 0 amide bonds. The van der Waals surface area contributed by atoms with Crippen molar-refractivity contribution in [2.45, 2.75) is 13.0 Å². The second-order valence-corrected chi connectivity index (χ2v) is 4.07. The van der Waals surface area contributed by atoms with Crippen LogP contribution in [0.2, 0.25) is 0 Å². The van der Waals surface area contributed by atoms with Gasteiger partial charge in [-0.25, -0.2) is 0 Å². The maximum absolute atomic E-state index is 5.44. The molecule has 16 heavy (non-hydrogen) atoms. The SMILES string of the molecule is Cc1ccc2nnc(C3COCCN3)n2c1. The maximum Gasteiger partial charge on any atom is 0.160 e. The standard InChI is InChI=1S/C11H14N4O/c1-8-2-3-10-13-14-11(15(10)6-8)9-7-16-5-4-12-9/h2-3,6,9,12H,4-5,7H2,1H3. The summed E-state index contributed by atoms with van der Waals surface area (Å²) in [5, 5.41) is 11.8. The predicted octanol–water partition coefficient (Wildman–Crippen LogP) is 0.699. The van der Waals surface area contributed by atoms with E-state index in [-0.39, 0.29) is 6.04 Å². The van der Waals surface area contributed by atoms with Crippen molar-refractivity contribution in [2.75, 3.05) is 19.8 Å². The molecule has 1 unspecified atom stereocenters. The number of morpholine rings is 1. The molecular formula is C11H14N4O. The Morgan fingerprint density at radius 3 is 3.19 bits per heavy atom. The first kappa shape index (κ1) is 9.74. The van der Waals surface area contributed by atoms with Crippen molar-refractivity contribution in [3.05, 3.63) is 29.7 Å². The molecule has 2 aromatic heterocycles. The number of rotatable bonds is 1. The molecule has 3 heterocycles. The Morgan fingerprint density at radius 2 is 2.38 bits per heavy atom. The predicted molar refractivity (Wildman–Crippen MR) is 59.3 cm³/mol. The Morgan fingerprint density at radius 1 is 1.44 bits per heavy atom. The molecule has 84 valence electrons. The first-order valence-electron chi connectivity index (χ1n) is 5.47. The molecule has 1 N–H and O–H groups in total. The lowest BCUT2D eigenvalue weighted by Crippen LogP contribution is -2.35. The van der Waals surface area contributed by atoms with E-state index in [1.807, 2.05) is 16.5 Å². The van der Waals surface area contributed by atoms with E-state index in [9.17, 15) is 0 Å². The molecule has 1 aliphatic rings. The second kappa shape index (κ2) is 3.84. The van der Waals surface area contributed by atoms with E-state index < -0.39 is 0 Å². The molecule has 0 saturated carbocycles. The first-order valence-corrected chi connectivity index (χ1v) is 5.47. The summed E-state index contributed by atoms with van der Waals surface area (Å²) < 4.78 is 7.47. The van der Waals surface area contributed by atoms with Gasteiger partial charge in [0, 0.05) is 12.7 Å². The molecule has 1 atom stereocenters. The Bertz CT molecular complexity index is 502. The quantitative estimate of drug-likeness (QED) is 0.765. The molecule has 5 heteroatoms. The van der Waals surface area contributed by atoms with E-state index in [0.29, 0.717) is 6.61 Å². The van der Waals surface area contributed by atoms with Crippen LogP contribution in [0.15, 0.2) is 18.3 Å². The summed E-state index contributed by atoms with van der Waals surface area (Å²) in [6.07, 6.45) is 2.06. The fourth-order valence-corrected chi connectivity index (χ4v) is 1.98. The van der Waals surface area contributed by atoms with E-state index in [4.69, 9.17) is 4.74 Å². The Hall–Kier alpha value is -1.46. The summed E-state index contributed by atoms with van der Waals surface area (Å²) in [6, 6.07) is 4.17. The van der Waals surface area contributed by atoms with Gasteiger partial charge in [0.05, 0.1) is 19.3 Å². The smallest absolute Gasteiger partial charge is 0.160 e. The van der Waals surface area contributed by atoms with Gasteiger partial charge >= 0.3 is 0 Å². The first-order chi connectivity index (χ1) is 7.84. The number of nitrogens with zero attached hydrogens (tertiary/aromatic N) is 3. The highest BCUT2D eigenvalue weighted by Gasteiger charge is 2.20. The number of nitrogens with one attached hydrogen (secondary N) is 1. The van der Waals surface area contributed by atoms with Crippen molar-refractivity contribution in [3.63, 3.8) is 0 Å². The number of aryl methyl sites for hydroxylation is 1. The zero-order valence-electron chi connectivity index (χ0n) is 9.18. The molecule has 2 aromatic rings. The lowest BCUT2D eigenvalue weighted by Gasteiger charge is -2.22. The van der Waals surface area contributed by atoms with Crippen LogP contribution in [0, 0.1) is 6.92 Å². The van der Waals surface area contributed by atoms with Crippen LogP contribution in [0.3, 0.4) is 0 Å². The monoisotopic (exact) mass is 218 g/mol. The lowest BCUT2D eigenvalue weighted by molar-refractivity contribution is 0.0739. The Kier molecular flexibility index (Phi) is 2.34. The molecule has 0 aromatic carbocycles. The molecule has 5 nitrogen and oxygen atoms in total. The number of aromatic nitrogens is 3. The van der Waals surface area contributed by atoms with Gasteiger partial charge in [0.2, 0.25) is 0 Å². The van der Waals surface area contributed by atoms with E-state index in [2.05, 4.69) is 28.6 Å². The largest absolute Gasteiger partial charge is 0.378 e. The molecule has 0 bridgehead atoms. The fourth-order valence-electron chi connectivity index (χ4n) is 1.98. The van der Waals surface area contributed by atoms with Gasteiger partial charge in [0.25, 0.3) is 0 Å². The van der Waals surface area contributed by atoms with Crippen molar-refractivity contribution >= 4 is 5.65 Å². The second-order valence-electron chi connectivity index (χ2n) is 4.07. The molecule has 3 rings (SSSR count). The van der Waals surface area contributed by atoms with Crippen LogP contribution >= 0.6 is 0 Å².